The average molecular weight is 276 g/mol. The first-order chi connectivity index (χ1) is 9.33. The van der Waals surface area contributed by atoms with E-state index in [1.54, 1.807) is 17.5 Å². The van der Waals surface area contributed by atoms with Gasteiger partial charge in [0.15, 0.2) is 0 Å². The van der Waals surface area contributed by atoms with Gasteiger partial charge in [-0.15, -0.1) is 11.3 Å². The SMILES string of the molecule is N#CCCC(C#N)CN1CCOC(c2nccs2)C1. The van der Waals surface area contributed by atoms with Crippen molar-refractivity contribution in [3.63, 3.8) is 0 Å². The van der Waals surface area contributed by atoms with Gasteiger partial charge < -0.3 is 4.74 Å². The normalized spacial score (nSPS) is 21.5. The summed E-state index contributed by atoms with van der Waals surface area (Å²) >= 11 is 1.60. The number of nitrogens with zero attached hydrogens (tertiary/aromatic N) is 4. The molecule has 2 atom stereocenters. The summed E-state index contributed by atoms with van der Waals surface area (Å²) in [6.45, 7) is 2.99. The van der Waals surface area contributed by atoms with Crippen LogP contribution >= 0.6 is 11.3 Å². The molecule has 0 radical (unpaired) electrons. The number of thiazole rings is 1. The summed E-state index contributed by atoms with van der Waals surface area (Å²) in [4.78, 5) is 6.52. The molecule has 0 N–H and O–H groups in total. The number of hydrogen-bond acceptors (Lipinski definition) is 6. The van der Waals surface area contributed by atoms with Crippen LogP contribution in [0.25, 0.3) is 0 Å². The fraction of sp³-hybridized carbons (Fsp3) is 0.615. The van der Waals surface area contributed by atoms with Gasteiger partial charge in [-0.25, -0.2) is 4.98 Å². The van der Waals surface area contributed by atoms with E-state index in [1.165, 1.54) is 0 Å². The second kappa shape index (κ2) is 7.20. The highest BCUT2D eigenvalue weighted by Gasteiger charge is 2.25. The van der Waals surface area contributed by atoms with Crippen molar-refractivity contribution in [1.29, 1.82) is 10.5 Å². The lowest BCUT2D eigenvalue weighted by Crippen LogP contribution is -2.40. The molecule has 2 rings (SSSR count). The topological polar surface area (TPSA) is 72.9 Å². The molecular formula is C13H16N4OS. The molecule has 1 aliphatic rings. The van der Waals surface area contributed by atoms with Crippen LogP contribution in [0, 0.1) is 28.6 Å². The maximum Gasteiger partial charge on any atom is 0.123 e. The third-order valence-electron chi connectivity index (χ3n) is 3.14. The third kappa shape index (κ3) is 4.00. The first-order valence-electron chi connectivity index (χ1n) is 6.33. The molecule has 0 aliphatic carbocycles. The Kier molecular flexibility index (Phi) is 5.29. The lowest BCUT2D eigenvalue weighted by molar-refractivity contribution is -0.0328. The Morgan fingerprint density at radius 3 is 3.16 bits per heavy atom. The lowest BCUT2D eigenvalue weighted by atomic mass is 10.0. The molecular weight excluding hydrogens is 260 g/mol. The molecule has 100 valence electrons. The quantitative estimate of drug-likeness (QED) is 0.822. The van der Waals surface area contributed by atoms with Crippen LogP contribution in [0.1, 0.15) is 24.0 Å². The standard InChI is InChI=1S/C13H16N4OS/c14-3-1-2-11(8-15)9-17-5-6-18-12(10-17)13-16-4-7-19-13/h4,7,11-12H,1-2,5-6,9-10H2. The first-order valence-corrected chi connectivity index (χ1v) is 7.21. The van der Waals surface area contributed by atoms with E-state index in [0.29, 0.717) is 26.0 Å². The van der Waals surface area contributed by atoms with Crippen molar-refractivity contribution in [2.75, 3.05) is 26.2 Å². The molecule has 0 aromatic carbocycles. The van der Waals surface area contributed by atoms with E-state index in [2.05, 4.69) is 22.0 Å². The van der Waals surface area contributed by atoms with Crippen LogP contribution in [-0.4, -0.2) is 36.1 Å². The zero-order valence-electron chi connectivity index (χ0n) is 10.7. The largest absolute Gasteiger partial charge is 0.368 e. The van der Waals surface area contributed by atoms with Gasteiger partial charge in [0.1, 0.15) is 11.1 Å². The Hall–Kier alpha value is -1.47. The van der Waals surface area contributed by atoms with E-state index in [-0.39, 0.29) is 12.0 Å². The van der Waals surface area contributed by atoms with Crippen LogP contribution in [0.4, 0.5) is 0 Å². The van der Waals surface area contributed by atoms with Crippen LogP contribution in [0.2, 0.25) is 0 Å². The highest BCUT2D eigenvalue weighted by molar-refractivity contribution is 7.09. The van der Waals surface area contributed by atoms with Crippen molar-refractivity contribution in [3.05, 3.63) is 16.6 Å². The number of hydrogen-bond donors (Lipinski definition) is 0. The van der Waals surface area contributed by atoms with Gasteiger partial charge in [0.2, 0.25) is 0 Å². The predicted octanol–water partition coefficient (Wildman–Crippen LogP) is 1.96. The molecule has 1 saturated heterocycles. The van der Waals surface area contributed by atoms with E-state index in [4.69, 9.17) is 15.3 Å². The molecule has 5 nitrogen and oxygen atoms in total. The zero-order chi connectivity index (χ0) is 13.5. The fourth-order valence-corrected chi connectivity index (χ4v) is 2.84. The predicted molar refractivity (Wildman–Crippen MR) is 71.2 cm³/mol. The van der Waals surface area contributed by atoms with Crippen molar-refractivity contribution < 1.29 is 4.74 Å². The smallest absolute Gasteiger partial charge is 0.123 e. The molecule has 1 aromatic rings. The maximum absolute atomic E-state index is 9.11. The van der Waals surface area contributed by atoms with E-state index < -0.39 is 0 Å². The maximum atomic E-state index is 9.11. The molecule has 0 bridgehead atoms. The minimum absolute atomic E-state index is 0.0176. The minimum Gasteiger partial charge on any atom is -0.368 e. The van der Waals surface area contributed by atoms with Gasteiger partial charge in [0, 0.05) is 37.6 Å². The molecule has 1 aromatic heterocycles. The Labute approximate surface area is 117 Å². The number of aromatic nitrogens is 1. The summed E-state index contributed by atoms with van der Waals surface area (Å²) in [7, 11) is 0. The van der Waals surface area contributed by atoms with Crippen molar-refractivity contribution in [2.45, 2.75) is 18.9 Å². The molecule has 0 saturated carbocycles. The number of ether oxygens (including phenoxy) is 1. The zero-order valence-corrected chi connectivity index (χ0v) is 11.5. The Balaban J connectivity index is 1.87. The molecule has 19 heavy (non-hydrogen) atoms. The van der Waals surface area contributed by atoms with Crippen molar-refractivity contribution in [2.24, 2.45) is 5.92 Å². The molecule has 6 heteroatoms. The molecule has 1 aliphatic heterocycles. The van der Waals surface area contributed by atoms with Gasteiger partial charge >= 0.3 is 0 Å². The van der Waals surface area contributed by atoms with Gasteiger partial charge in [-0.3, -0.25) is 4.90 Å². The second-order valence-electron chi connectivity index (χ2n) is 4.51. The van der Waals surface area contributed by atoms with Gasteiger partial charge in [0.25, 0.3) is 0 Å². The fourth-order valence-electron chi connectivity index (χ4n) is 2.16. The van der Waals surface area contributed by atoms with Gasteiger partial charge in [0.05, 0.1) is 24.7 Å². The van der Waals surface area contributed by atoms with Gasteiger partial charge in [-0.05, 0) is 6.42 Å². The van der Waals surface area contributed by atoms with E-state index in [1.807, 2.05) is 5.38 Å². The Morgan fingerprint density at radius 1 is 1.58 bits per heavy atom. The minimum atomic E-state index is -0.0744. The summed E-state index contributed by atoms with van der Waals surface area (Å²) in [5.41, 5.74) is 0. The highest BCUT2D eigenvalue weighted by Crippen LogP contribution is 2.24. The van der Waals surface area contributed by atoms with Crippen molar-refractivity contribution in [1.82, 2.24) is 9.88 Å². The third-order valence-corrected chi connectivity index (χ3v) is 4.01. The summed E-state index contributed by atoms with van der Waals surface area (Å²) in [5.74, 6) is -0.0744. The van der Waals surface area contributed by atoms with Crippen molar-refractivity contribution in [3.8, 4) is 12.1 Å². The Morgan fingerprint density at radius 2 is 2.47 bits per heavy atom. The second-order valence-corrected chi connectivity index (χ2v) is 5.44. The van der Waals surface area contributed by atoms with Gasteiger partial charge in [-0.1, -0.05) is 0 Å². The summed E-state index contributed by atoms with van der Waals surface area (Å²) < 4.78 is 5.72. The lowest BCUT2D eigenvalue weighted by Gasteiger charge is -2.32. The van der Waals surface area contributed by atoms with Gasteiger partial charge in [-0.2, -0.15) is 10.5 Å². The number of morpholine rings is 1. The highest BCUT2D eigenvalue weighted by atomic mass is 32.1. The molecule has 0 spiro atoms. The van der Waals surface area contributed by atoms with Crippen LogP contribution in [0.3, 0.4) is 0 Å². The molecule has 0 amide bonds. The van der Waals surface area contributed by atoms with Crippen molar-refractivity contribution >= 4 is 11.3 Å². The van der Waals surface area contributed by atoms with Crippen LogP contribution in [0.15, 0.2) is 11.6 Å². The summed E-state index contributed by atoms with van der Waals surface area (Å²) in [6, 6.07) is 4.39. The Bertz CT molecular complexity index is 462. The number of rotatable bonds is 5. The van der Waals surface area contributed by atoms with Crippen LogP contribution in [0.5, 0.6) is 0 Å². The molecule has 2 unspecified atom stereocenters. The average Bonchev–Trinajstić information content (AvgIpc) is 2.98. The van der Waals surface area contributed by atoms with E-state index >= 15 is 0 Å². The molecule has 2 heterocycles. The number of nitriles is 2. The summed E-state index contributed by atoms with van der Waals surface area (Å²) in [5, 5.41) is 20.6. The first kappa shape index (κ1) is 14.0. The van der Waals surface area contributed by atoms with E-state index in [0.717, 1.165) is 18.1 Å². The summed E-state index contributed by atoms with van der Waals surface area (Å²) in [6.07, 6.45) is 2.89. The van der Waals surface area contributed by atoms with Crippen LogP contribution < -0.4 is 0 Å². The van der Waals surface area contributed by atoms with Crippen LogP contribution in [-0.2, 0) is 4.74 Å². The monoisotopic (exact) mass is 276 g/mol. The molecule has 1 fully saturated rings. The van der Waals surface area contributed by atoms with E-state index in [9.17, 15) is 0 Å².